The van der Waals surface area contributed by atoms with Crippen molar-refractivity contribution in [3.05, 3.63) is 65.9 Å². The van der Waals surface area contributed by atoms with E-state index >= 15 is 0 Å². The number of carbonyl (C=O) groups is 1. The van der Waals surface area contributed by atoms with Crippen molar-refractivity contribution in [2.24, 2.45) is 10.2 Å². The third-order valence-corrected chi connectivity index (χ3v) is 3.40. The fourth-order valence-electron chi connectivity index (χ4n) is 2.22. The Morgan fingerprint density at radius 2 is 1.65 bits per heavy atom. The van der Waals surface area contributed by atoms with E-state index in [0.29, 0.717) is 11.4 Å². The van der Waals surface area contributed by atoms with Crippen molar-refractivity contribution in [2.75, 3.05) is 0 Å². The van der Waals surface area contributed by atoms with E-state index in [0.717, 1.165) is 0 Å². The first kappa shape index (κ1) is 21.0. The predicted molar refractivity (Wildman–Crippen MR) is 91.2 cm³/mol. The number of hydrogen-bond donors (Lipinski definition) is 2. The van der Waals surface area contributed by atoms with Crippen LogP contribution in [0.15, 0.2) is 64.8 Å². The van der Waals surface area contributed by atoms with Gasteiger partial charge in [0.15, 0.2) is 5.69 Å². The smallest absolute Gasteiger partial charge is 0.337 e. The van der Waals surface area contributed by atoms with Gasteiger partial charge in [-0.05, 0) is 31.2 Å². The molecule has 3 rings (SSSR count). The molecule has 2 aromatic carbocycles. The third-order valence-electron chi connectivity index (χ3n) is 3.40. The maximum Gasteiger partial charge on any atom is 0.337 e. The van der Waals surface area contributed by atoms with Crippen LogP contribution in [0.2, 0.25) is 0 Å². The zero-order chi connectivity index (χ0) is 17.1. The number of rotatable bonds is 4. The van der Waals surface area contributed by atoms with Gasteiger partial charge in [0, 0.05) is 17.1 Å². The largest absolute Gasteiger partial charge is 0.492 e. The predicted octanol–water partition coefficient (Wildman–Crippen LogP) is 3.17. The summed E-state index contributed by atoms with van der Waals surface area (Å²) in [7, 11) is 0. The van der Waals surface area contributed by atoms with Crippen LogP contribution < -0.4 is 0 Å². The maximum absolute atomic E-state index is 11.2. The first-order valence-corrected chi connectivity index (χ1v) is 7.16. The number of benzene rings is 2. The fourth-order valence-corrected chi connectivity index (χ4v) is 2.22. The molecular formula is C17H16CuN4O4. The molecule has 26 heavy (non-hydrogen) atoms. The molecule has 0 saturated heterocycles. The van der Waals surface area contributed by atoms with Crippen molar-refractivity contribution in [3.63, 3.8) is 0 Å². The molecule has 1 heterocycles. The van der Waals surface area contributed by atoms with Gasteiger partial charge in [-0.3, -0.25) is 0 Å². The molecule has 0 bridgehead atoms. The zero-order valence-electron chi connectivity index (χ0n) is 13.6. The molecule has 0 spiro atoms. The van der Waals surface area contributed by atoms with Gasteiger partial charge in [-0.25, -0.2) is 4.79 Å². The minimum Gasteiger partial charge on any atom is -0.492 e. The Bertz CT molecular complexity index is 926. The van der Waals surface area contributed by atoms with E-state index < -0.39 is 5.97 Å². The van der Waals surface area contributed by atoms with Crippen molar-refractivity contribution in [2.45, 2.75) is 6.92 Å². The Morgan fingerprint density at radius 3 is 2.31 bits per heavy atom. The van der Waals surface area contributed by atoms with Crippen LogP contribution in [0, 0.1) is 6.92 Å². The molecule has 0 atom stereocenters. The van der Waals surface area contributed by atoms with Gasteiger partial charge in [-0.1, -0.05) is 30.3 Å². The van der Waals surface area contributed by atoms with Crippen LogP contribution >= 0.6 is 0 Å². The summed E-state index contributed by atoms with van der Waals surface area (Å²) < 4.78 is 1.35. The average Bonchev–Trinajstić information content (AvgIpc) is 2.88. The number of para-hydroxylation sites is 1. The van der Waals surface area contributed by atoms with Crippen LogP contribution in [0.3, 0.4) is 0 Å². The molecule has 0 saturated carbocycles. The molecule has 4 N–H and O–H groups in total. The van der Waals surface area contributed by atoms with E-state index in [-0.39, 0.29) is 45.4 Å². The summed E-state index contributed by atoms with van der Waals surface area (Å²) in [5.74, 6) is -1.25. The summed E-state index contributed by atoms with van der Waals surface area (Å²) in [6, 6.07) is 15.4. The molecular weight excluding hydrogens is 388 g/mol. The number of aromatic hydroxyl groups is 1. The van der Waals surface area contributed by atoms with Crippen LogP contribution in [0.5, 0.6) is 5.88 Å². The molecule has 0 aliphatic heterocycles. The SMILES string of the molecule is Cc1nn(-c2ccccc2)c(O)c1N=Nc1ccccc1C(=O)O.O.[Cu]. The number of azo groups is 1. The van der Waals surface area contributed by atoms with E-state index in [2.05, 4.69) is 15.3 Å². The summed E-state index contributed by atoms with van der Waals surface area (Å²) in [4.78, 5) is 11.2. The summed E-state index contributed by atoms with van der Waals surface area (Å²) >= 11 is 0. The quantitative estimate of drug-likeness (QED) is 0.511. The Morgan fingerprint density at radius 1 is 1.04 bits per heavy atom. The second-order valence-electron chi connectivity index (χ2n) is 5.03. The van der Waals surface area contributed by atoms with Crippen LogP contribution in [0.1, 0.15) is 16.1 Å². The van der Waals surface area contributed by atoms with E-state index in [9.17, 15) is 9.90 Å². The molecule has 0 aliphatic rings. The Kier molecular flexibility index (Phi) is 7.21. The first-order chi connectivity index (χ1) is 11.6. The van der Waals surface area contributed by atoms with Gasteiger partial charge in [-0.2, -0.15) is 9.78 Å². The second-order valence-corrected chi connectivity index (χ2v) is 5.03. The van der Waals surface area contributed by atoms with Crippen molar-refractivity contribution < 1.29 is 37.6 Å². The van der Waals surface area contributed by atoms with E-state index in [4.69, 9.17) is 5.11 Å². The van der Waals surface area contributed by atoms with Crippen LogP contribution in [0.25, 0.3) is 5.69 Å². The summed E-state index contributed by atoms with van der Waals surface area (Å²) in [6.07, 6.45) is 0. The molecule has 139 valence electrons. The van der Waals surface area contributed by atoms with Gasteiger partial charge in [0.1, 0.15) is 5.69 Å². The molecule has 0 aliphatic carbocycles. The Hall–Kier alpha value is -3.00. The molecule has 0 amide bonds. The van der Waals surface area contributed by atoms with Crippen molar-refractivity contribution in [1.82, 2.24) is 9.78 Å². The van der Waals surface area contributed by atoms with Crippen LogP contribution in [-0.4, -0.2) is 31.4 Å². The number of aryl methyl sites for hydroxylation is 1. The zero-order valence-corrected chi connectivity index (χ0v) is 14.5. The number of aromatic carboxylic acids is 1. The molecule has 1 aromatic heterocycles. The van der Waals surface area contributed by atoms with Crippen LogP contribution in [-0.2, 0) is 17.1 Å². The molecule has 8 nitrogen and oxygen atoms in total. The van der Waals surface area contributed by atoms with Crippen molar-refractivity contribution >= 4 is 17.3 Å². The van der Waals surface area contributed by atoms with Crippen molar-refractivity contribution in [3.8, 4) is 11.6 Å². The number of carboxylic acids is 1. The standard InChI is InChI=1S/C17H14N4O3.Cu.H2O/c1-11-15(16(22)21(20-11)12-7-3-2-4-8-12)19-18-14-10-6-5-9-13(14)17(23)24;;/h2-10,22H,1H3,(H,23,24);;1H2. The Labute approximate surface area is 159 Å². The van der Waals surface area contributed by atoms with Gasteiger partial charge in [0.2, 0.25) is 5.88 Å². The number of hydrogen-bond acceptors (Lipinski definition) is 5. The van der Waals surface area contributed by atoms with Gasteiger partial charge < -0.3 is 15.7 Å². The van der Waals surface area contributed by atoms with E-state index in [1.54, 1.807) is 37.3 Å². The van der Waals surface area contributed by atoms with Gasteiger partial charge in [-0.15, -0.1) is 10.2 Å². The van der Waals surface area contributed by atoms with E-state index in [1.165, 1.54) is 10.7 Å². The number of carboxylic acid groups (broad SMARTS) is 1. The number of aromatic nitrogens is 2. The minimum atomic E-state index is -1.09. The van der Waals surface area contributed by atoms with Gasteiger partial charge in [0.25, 0.3) is 0 Å². The molecule has 0 fully saturated rings. The summed E-state index contributed by atoms with van der Waals surface area (Å²) in [5, 5.41) is 31.7. The molecule has 9 heteroatoms. The monoisotopic (exact) mass is 403 g/mol. The molecule has 0 unspecified atom stereocenters. The van der Waals surface area contributed by atoms with Crippen molar-refractivity contribution in [1.29, 1.82) is 0 Å². The Balaban J connectivity index is 0.00000169. The third kappa shape index (κ3) is 4.15. The summed E-state index contributed by atoms with van der Waals surface area (Å²) in [6.45, 7) is 1.69. The second kappa shape index (κ2) is 8.91. The molecule has 1 radical (unpaired) electrons. The maximum atomic E-state index is 11.2. The van der Waals surface area contributed by atoms with E-state index in [1.807, 2.05) is 18.2 Å². The summed E-state index contributed by atoms with van der Waals surface area (Å²) in [5.41, 5.74) is 1.60. The normalized spacial score (nSPS) is 10.2. The first-order valence-electron chi connectivity index (χ1n) is 7.16. The van der Waals surface area contributed by atoms with Gasteiger partial charge in [0.05, 0.1) is 16.9 Å². The topological polar surface area (TPSA) is 132 Å². The fraction of sp³-hybridized carbons (Fsp3) is 0.0588. The number of nitrogens with zero attached hydrogens (tertiary/aromatic N) is 4. The minimum absolute atomic E-state index is 0. The average molecular weight is 404 g/mol. The van der Waals surface area contributed by atoms with Gasteiger partial charge >= 0.3 is 5.97 Å². The van der Waals surface area contributed by atoms with Crippen LogP contribution in [0.4, 0.5) is 11.4 Å². The molecule has 3 aromatic rings.